The van der Waals surface area contributed by atoms with Crippen molar-refractivity contribution in [3.05, 3.63) is 0 Å². The van der Waals surface area contributed by atoms with Crippen molar-refractivity contribution in [2.75, 3.05) is 0 Å². The van der Waals surface area contributed by atoms with Crippen LogP contribution in [-0.2, 0) is 9.59 Å². The van der Waals surface area contributed by atoms with Crippen LogP contribution in [-0.4, -0.2) is 62.9 Å². The first kappa shape index (κ1) is 31.6. The van der Waals surface area contributed by atoms with Gasteiger partial charge in [-0.3, -0.25) is 4.79 Å². The van der Waals surface area contributed by atoms with Crippen molar-refractivity contribution >= 4 is 41.5 Å². The standard InChI is InChI=1S/C18H36O2.C3H6O3.Na.H/c1-2-3-4-5-6-7-8-9-10-11-12-13-14-15-16-17-18(19)20;1-2(4)3(5)6;;/h2-17H2,1H3,(H,19,20);2,4H,1H3,(H,5,6);;. The molecular weight excluding hydrogens is 355 g/mol. The van der Waals surface area contributed by atoms with Crippen molar-refractivity contribution in [3.8, 4) is 0 Å². The van der Waals surface area contributed by atoms with Crippen molar-refractivity contribution < 1.29 is 24.9 Å². The number of carboxylic acids is 2. The third kappa shape index (κ3) is 33.9. The molecule has 0 rings (SSSR count). The molecule has 1 atom stereocenters. The van der Waals surface area contributed by atoms with Crippen LogP contribution in [0.25, 0.3) is 0 Å². The van der Waals surface area contributed by atoms with Gasteiger partial charge in [0.1, 0.15) is 6.10 Å². The number of aliphatic hydroxyl groups excluding tert-OH is 1. The van der Waals surface area contributed by atoms with Gasteiger partial charge in [-0.05, 0) is 13.3 Å². The summed E-state index contributed by atoms with van der Waals surface area (Å²) in [6, 6.07) is 0. The molecule has 0 radical (unpaired) electrons. The van der Waals surface area contributed by atoms with E-state index in [1.807, 2.05) is 0 Å². The normalized spacial score (nSPS) is 11.1. The van der Waals surface area contributed by atoms with Crippen LogP contribution in [0.5, 0.6) is 0 Å². The number of carboxylic acid groups (broad SMARTS) is 2. The molecule has 3 N–H and O–H groups in total. The number of unbranched alkanes of at least 4 members (excludes halogenated alkanes) is 14. The van der Waals surface area contributed by atoms with E-state index in [2.05, 4.69) is 6.92 Å². The molecule has 0 saturated heterocycles. The van der Waals surface area contributed by atoms with Crippen LogP contribution >= 0.6 is 0 Å². The predicted molar refractivity (Wildman–Crippen MR) is 114 cm³/mol. The zero-order valence-electron chi connectivity index (χ0n) is 17.0. The van der Waals surface area contributed by atoms with E-state index in [4.69, 9.17) is 15.3 Å². The van der Waals surface area contributed by atoms with Gasteiger partial charge in [-0.1, -0.05) is 96.8 Å². The second-order valence-electron chi connectivity index (χ2n) is 7.11. The SMILES string of the molecule is CC(O)C(=O)O.CCCCCCCCCCCCCCCCCC(=O)O.[NaH]. The minimum atomic E-state index is -1.23. The molecule has 6 heteroatoms. The van der Waals surface area contributed by atoms with Crippen molar-refractivity contribution in [3.63, 3.8) is 0 Å². The summed E-state index contributed by atoms with van der Waals surface area (Å²) in [5.74, 6) is -1.84. The van der Waals surface area contributed by atoms with Crippen molar-refractivity contribution in [2.24, 2.45) is 0 Å². The molecule has 0 aromatic heterocycles. The second kappa shape index (κ2) is 25.9. The molecule has 0 amide bonds. The number of carbonyl (C=O) groups is 2. The molecule has 1 unspecified atom stereocenters. The van der Waals surface area contributed by atoms with Gasteiger partial charge in [0.2, 0.25) is 0 Å². The van der Waals surface area contributed by atoms with Gasteiger partial charge >= 0.3 is 41.5 Å². The van der Waals surface area contributed by atoms with E-state index in [1.54, 1.807) is 0 Å². The molecule has 0 spiro atoms. The fourth-order valence-corrected chi connectivity index (χ4v) is 2.65. The fraction of sp³-hybridized carbons (Fsp3) is 0.905. The average Bonchev–Trinajstić information content (AvgIpc) is 2.58. The zero-order chi connectivity index (χ0) is 20.0. The van der Waals surface area contributed by atoms with Gasteiger partial charge in [-0.2, -0.15) is 0 Å². The summed E-state index contributed by atoms with van der Waals surface area (Å²) in [5.41, 5.74) is 0. The van der Waals surface area contributed by atoms with Gasteiger partial charge < -0.3 is 15.3 Å². The summed E-state index contributed by atoms with van der Waals surface area (Å²) >= 11 is 0. The molecule has 0 aromatic carbocycles. The molecule has 0 aliphatic heterocycles. The van der Waals surface area contributed by atoms with Gasteiger partial charge in [-0.25, -0.2) is 4.79 Å². The molecule has 0 aliphatic rings. The minimum absolute atomic E-state index is 0. The number of rotatable bonds is 17. The molecule has 158 valence electrons. The van der Waals surface area contributed by atoms with Crippen molar-refractivity contribution in [2.45, 2.75) is 123 Å². The van der Waals surface area contributed by atoms with Gasteiger partial charge in [0.05, 0.1) is 0 Å². The van der Waals surface area contributed by atoms with Gasteiger partial charge in [0, 0.05) is 6.42 Å². The molecule has 0 bridgehead atoms. The summed E-state index contributed by atoms with van der Waals surface area (Å²) in [6.45, 7) is 3.47. The molecule has 0 heterocycles. The summed E-state index contributed by atoms with van der Waals surface area (Å²) in [6.07, 6.45) is 19.0. The molecule has 5 nitrogen and oxygen atoms in total. The second-order valence-corrected chi connectivity index (χ2v) is 7.11. The van der Waals surface area contributed by atoms with E-state index in [-0.39, 0.29) is 29.6 Å². The van der Waals surface area contributed by atoms with Crippen LogP contribution < -0.4 is 0 Å². The first-order chi connectivity index (χ1) is 12.4. The molecule has 0 aliphatic carbocycles. The zero-order valence-corrected chi connectivity index (χ0v) is 17.0. The van der Waals surface area contributed by atoms with Crippen LogP contribution in [0.4, 0.5) is 0 Å². The van der Waals surface area contributed by atoms with E-state index < -0.39 is 18.0 Å². The van der Waals surface area contributed by atoms with E-state index in [0.29, 0.717) is 6.42 Å². The maximum atomic E-state index is 10.3. The van der Waals surface area contributed by atoms with Gasteiger partial charge in [0.25, 0.3) is 0 Å². The van der Waals surface area contributed by atoms with Crippen LogP contribution in [0.3, 0.4) is 0 Å². The Balaban J connectivity index is -0.000000709. The molecular formula is C21H43NaO5. The molecule has 0 saturated carbocycles. The molecule has 0 fully saturated rings. The van der Waals surface area contributed by atoms with E-state index >= 15 is 0 Å². The Kier molecular flexibility index (Phi) is 30.3. The number of aliphatic carboxylic acids is 2. The Morgan fingerprint density at radius 3 is 1.15 bits per heavy atom. The predicted octanol–water partition coefficient (Wildman–Crippen LogP) is 5.14. The summed E-state index contributed by atoms with van der Waals surface area (Å²) in [5, 5.41) is 24.3. The Hall–Kier alpha value is -0.100. The number of hydrogen-bond donors (Lipinski definition) is 3. The van der Waals surface area contributed by atoms with Crippen molar-refractivity contribution in [1.29, 1.82) is 0 Å². The summed E-state index contributed by atoms with van der Waals surface area (Å²) in [4.78, 5) is 19.8. The maximum absolute atomic E-state index is 10.3. The monoisotopic (exact) mass is 398 g/mol. The van der Waals surface area contributed by atoms with Gasteiger partial charge in [0.15, 0.2) is 0 Å². The Bertz CT molecular complexity index is 322. The third-order valence-corrected chi connectivity index (χ3v) is 4.35. The van der Waals surface area contributed by atoms with Crippen LogP contribution in [0.15, 0.2) is 0 Å². The topological polar surface area (TPSA) is 94.8 Å². The Morgan fingerprint density at radius 2 is 0.926 bits per heavy atom. The average molecular weight is 399 g/mol. The fourth-order valence-electron chi connectivity index (χ4n) is 2.65. The number of hydrogen-bond acceptors (Lipinski definition) is 3. The number of aliphatic hydroxyl groups is 1. The van der Waals surface area contributed by atoms with Gasteiger partial charge in [-0.15, -0.1) is 0 Å². The van der Waals surface area contributed by atoms with Crippen LogP contribution in [0.1, 0.15) is 117 Å². The van der Waals surface area contributed by atoms with E-state index in [9.17, 15) is 9.59 Å². The molecule has 0 aromatic rings. The Morgan fingerprint density at radius 1 is 0.667 bits per heavy atom. The Labute approximate surface area is 188 Å². The van der Waals surface area contributed by atoms with Crippen molar-refractivity contribution in [1.82, 2.24) is 0 Å². The molecule has 27 heavy (non-hydrogen) atoms. The van der Waals surface area contributed by atoms with Crippen LogP contribution in [0, 0.1) is 0 Å². The first-order valence-electron chi connectivity index (χ1n) is 10.5. The quantitative estimate of drug-likeness (QED) is 0.233. The summed E-state index contributed by atoms with van der Waals surface area (Å²) in [7, 11) is 0. The van der Waals surface area contributed by atoms with Crippen LogP contribution in [0.2, 0.25) is 0 Å². The first-order valence-corrected chi connectivity index (χ1v) is 10.5. The third-order valence-electron chi connectivity index (χ3n) is 4.35. The van der Waals surface area contributed by atoms with E-state index in [0.717, 1.165) is 12.8 Å². The summed E-state index contributed by atoms with van der Waals surface area (Å²) < 4.78 is 0. The van der Waals surface area contributed by atoms with E-state index in [1.165, 1.54) is 90.4 Å².